The lowest BCUT2D eigenvalue weighted by Crippen LogP contribution is -2.13. The average molecular weight is 240 g/mol. The van der Waals surface area contributed by atoms with Gasteiger partial charge in [0.25, 0.3) is 0 Å². The Morgan fingerprint density at radius 3 is 2.94 bits per heavy atom. The summed E-state index contributed by atoms with van der Waals surface area (Å²) in [6.45, 7) is 3.74. The zero-order chi connectivity index (χ0) is 11.5. The van der Waals surface area contributed by atoms with Gasteiger partial charge >= 0.3 is 5.97 Å². The first-order valence-corrected chi connectivity index (χ1v) is 6.47. The molecule has 1 heterocycles. The highest BCUT2D eigenvalue weighted by atomic mass is 32.1. The number of aromatic carboxylic acids is 1. The molecule has 0 aromatic carbocycles. The van der Waals surface area contributed by atoms with Crippen molar-refractivity contribution in [3.8, 4) is 0 Å². The second-order valence-electron chi connectivity index (χ2n) is 4.08. The number of rotatable bonds is 6. The number of thiazole rings is 1. The predicted molar refractivity (Wildman–Crippen MR) is 63.0 cm³/mol. The Labute approximate surface area is 98.7 Å². The molecule has 1 aliphatic rings. The molecule has 0 radical (unpaired) electrons. The van der Waals surface area contributed by atoms with Gasteiger partial charge in [-0.15, -0.1) is 11.3 Å². The first-order valence-electron chi connectivity index (χ1n) is 5.66. The van der Waals surface area contributed by atoms with Gasteiger partial charge in [-0.05, 0) is 25.8 Å². The van der Waals surface area contributed by atoms with Gasteiger partial charge in [-0.3, -0.25) is 0 Å². The molecule has 1 saturated carbocycles. The summed E-state index contributed by atoms with van der Waals surface area (Å²) in [7, 11) is 0. The van der Waals surface area contributed by atoms with Crippen molar-refractivity contribution in [3.63, 3.8) is 0 Å². The molecule has 16 heavy (non-hydrogen) atoms. The number of hydrogen-bond acceptors (Lipinski definition) is 4. The number of hydrogen-bond donors (Lipinski definition) is 2. The molecule has 88 valence electrons. The fourth-order valence-electron chi connectivity index (χ4n) is 1.61. The third-order valence-corrected chi connectivity index (χ3v) is 3.62. The first-order chi connectivity index (χ1) is 7.72. The van der Waals surface area contributed by atoms with Crippen molar-refractivity contribution in [1.29, 1.82) is 0 Å². The highest BCUT2D eigenvalue weighted by molar-refractivity contribution is 7.13. The number of carboxylic acid groups (broad SMARTS) is 1. The van der Waals surface area contributed by atoms with E-state index >= 15 is 0 Å². The smallest absolute Gasteiger partial charge is 0.347 e. The molecule has 0 unspecified atom stereocenters. The molecule has 0 amide bonds. The SMILES string of the molecule is CCCNCc1nc(C2CC2)c(C(=O)O)s1. The quantitative estimate of drug-likeness (QED) is 0.748. The Kier molecular flexibility index (Phi) is 3.56. The minimum atomic E-state index is -0.832. The minimum absolute atomic E-state index is 0.405. The molecule has 0 atom stereocenters. The zero-order valence-electron chi connectivity index (χ0n) is 9.32. The van der Waals surface area contributed by atoms with Gasteiger partial charge in [-0.25, -0.2) is 9.78 Å². The van der Waals surface area contributed by atoms with Crippen LogP contribution in [0.4, 0.5) is 0 Å². The van der Waals surface area contributed by atoms with E-state index in [1.807, 2.05) is 0 Å². The minimum Gasteiger partial charge on any atom is -0.477 e. The van der Waals surface area contributed by atoms with Gasteiger partial charge in [0.2, 0.25) is 0 Å². The summed E-state index contributed by atoms with van der Waals surface area (Å²) in [6.07, 6.45) is 3.25. The van der Waals surface area contributed by atoms with E-state index in [0.717, 1.165) is 36.5 Å². The number of carboxylic acids is 1. The van der Waals surface area contributed by atoms with Crippen molar-refractivity contribution in [2.24, 2.45) is 0 Å². The molecule has 0 bridgehead atoms. The molecular weight excluding hydrogens is 224 g/mol. The van der Waals surface area contributed by atoms with Crippen LogP contribution in [0.5, 0.6) is 0 Å². The van der Waals surface area contributed by atoms with E-state index in [2.05, 4.69) is 17.2 Å². The third-order valence-electron chi connectivity index (χ3n) is 2.56. The Hall–Kier alpha value is -0.940. The van der Waals surface area contributed by atoms with E-state index in [4.69, 9.17) is 5.11 Å². The van der Waals surface area contributed by atoms with Crippen molar-refractivity contribution >= 4 is 17.3 Å². The number of nitrogens with zero attached hydrogens (tertiary/aromatic N) is 1. The number of carbonyl (C=O) groups is 1. The van der Waals surface area contributed by atoms with Gasteiger partial charge in [0.1, 0.15) is 9.88 Å². The normalized spacial score (nSPS) is 15.3. The molecule has 1 aromatic heterocycles. The lowest BCUT2D eigenvalue weighted by molar-refractivity contribution is 0.0700. The van der Waals surface area contributed by atoms with Crippen molar-refractivity contribution in [2.45, 2.75) is 38.6 Å². The van der Waals surface area contributed by atoms with Crippen molar-refractivity contribution < 1.29 is 9.90 Å². The Balaban J connectivity index is 2.08. The Bertz CT molecular complexity index is 385. The largest absolute Gasteiger partial charge is 0.477 e. The van der Waals surface area contributed by atoms with Crippen LogP contribution in [0.2, 0.25) is 0 Å². The van der Waals surface area contributed by atoms with Gasteiger partial charge in [0.15, 0.2) is 0 Å². The van der Waals surface area contributed by atoms with E-state index in [0.29, 0.717) is 17.3 Å². The molecule has 0 saturated heterocycles. The molecule has 2 rings (SSSR count). The lowest BCUT2D eigenvalue weighted by Gasteiger charge is -1.97. The molecular formula is C11H16N2O2S. The maximum Gasteiger partial charge on any atom is 0.347 e. The van der Waals surface area contributed by atoms with Crippen LogP contribution in [-0.2, 0) is 6.54 Å². The summed E-state index contributed by atoms with van der Waals surface area (Å²) in [4.78, 5) is 15.9. The van der Waals surface area contributed by atoms with Gasteiger partial charge < -0.3 is 10.4 Å². The Morgan fingerprint density at radius 2 is 2.38 bits per heavy atom. The fraction of sp³-hybridized carbons (Fsp3) is 0.636. The molecule has 2 N–H and O–H groups in total. The lowest BCUT2D eigenvalue weighted by atomic mass is 10.2. The van der Waals surface area contributed by atoms with Gasteiger partial charge in [-0.1, -0.05) is 6.92 Å². The molecule has 4 nitrogen and oxygen atoms in total. The van der Waals surface area contributed by atoms with Gasteiger partial charge in [0, 0.05) is 12.5 Å². The zero-order valence-corrected chi connectivity index (χ0v) is 10.1. The van der Waals surface area contributed by atoms with Crippen LogP contribution in [0.3, 0.4) is 0 Å². The van der Waals surface area contributed by atoms with Crippen LogP contribution in [0.25, 0.3) is 0 Å². The summed E-state index contributed by atoms with van der Waals surface area (Å²) in [5, 5.41) is 13.2. The summed E-state index contributed by atoms with van der Waals surface area (Å²) in [5.74, 6) is -0.427. The van der Waals surface area contributed by atoms with E-state index in [-0.39, 0.29) is 0 Å². The maximum absolute atomic E-state index is 11.0. The van der Waals surface area contributed by atoms with Crippen molar-refractivity contribution in [3.05, 3.63) is 15.6 Å². The predicted octanol–water partition coefficient (Wildman–Crippen LogP) is 2.22. The van der Waals surface area contributed by atoms with Crippen LogP contribution in [0, 0.1) is 0 Å². The van der Waals surface area contributed by atoms with E-state index in [1.165, 1.54) is 11.3 Å². The van der Waals surface area contributed by atoms with Crippen molar-refractivity contribution in [1.82, 2.24) is 10.3 Å². The summed E-state index contributed by atoms with van der Waals surface area (Å²) in [6, 6.07) is 0. The van der Waals surface area contributed by atoms with Crippen molar-refractivity contribution in [2.75, 3.05) is 6.54 Å². The van der Waals surface area contributed by atoms with E-state index in [9.17, 15) is 4.79 Å². The van der Waals surface area contributed by atoms with Crippen LogP contribution >= 0.6 is 11.3 Å². The van der Waals surface area contributed by atoms with Crippen LogP contribution < -0.4 is 5.32 Å². The number of aromatic nitrogens is 1. The molecule has 1 fully saturated rings. The van der Waals surface area contributed by atoms with E-state index in [1.54, 1.807) is 0 Å². The topological polar surface area (TPSA) is 62.2 Å². The Morgan fingerprint density at radius 1 is 1.62 bits per heavy atom. The standard InChI is InChI=1S/C11H16N2O2S/c1-2-5-12-6-8-13-9(7-3-4-7)10(16-8)11(14)15/h7,12H,2-6H2,1H3,(H,14,15). The molecule has 1 aromatic rings. The van der Waals surface area contributed by atoms with Crippen LogP contribution in [0.1, 0.15) is 52.5 Å². The monoisotopic (exact) mass is 240 g/mol. The molecule has 0 spiro atoms. The summed E-state index contributed by atoms with van der Waals surface area (Å²) in [5.41, 5.74) is 0.811. The summed E-state index contributed by atoms with van der Waals surface area (Å²) < 4.78 is 0. The average Bonchev–Trinajstić information content (AvgIpc) is 3.00. The summed E-state index contributed by atoms with van der Waals surface area (Å²) >= 11 is 1.31. The molecule has 0 aliphatic heterocycles. The molecule has 1 aliphatic carbocycles. The highest BCUT2D eigenvalue weighted by Crippen LogP contribution is 2.42. The van der Waals surface area contributed by atoms with Crippen LogP contribution in [0.15, 0.2) is 0 Å². The number of nitrogens with one attached hydrogen (secondary N) is 1. The second kappa shape index (κ2) is 4.93. The van der Waals surface area contributed by atoms with Gasteiger partial charge in [0.05, 0.1) is 5.69 Å². The maximum atomic E-state index is 11.0. The highest BCUT2D eigenvalue weighted by Gasteiger charge is 2.31. The van der Waals surface area contributed by atoms with Gasteiger partial charge in [-0.2, -0.15) is 0 Å². The third kappa shape index (κ3) is 2.59. The fourth-order valence-corrected chi connectivity index (χ4v) is 2.57. The second-order valence-corrected chi connectivity index (χ2v) is 5.16. The molecule has 5 heteroatoms. The first kappa shape index (κ1) is 11.5. The van der Waals surface area contributed by atoms with Crippen LogP contribution in [-0.4, -0.2) is 22.6 Å². The van der Waals surface area contributed by atoms with E-state index < -0.39 is 5.97 Å².